The molecule has 104 heavy (non-hydrogen) atoms. The van der Waals surface area contributed by atoms with Crippen LogP contribution in [0.1, 0.15) is 132 Å². The molecule has 16 aromatic rings. The number of anilines is 8. The minimum absolute atomic E-state index is 0.398. The first kappa shape index (κ1) is 65.6. The summed E-state index contributed by atoms with van der Waals surface area (Å²) < 4.78 is 35.8. The van der Waals surface area contributed by atoms with Gasteiger partial charge in [-0.15, -0.1) is 0 Å². The second-order valence-corrected chi connectivity index (χ2v) is 27.9. The van der Waals surface area contributed by atoms with Gasteiger partial charge in [0.15, 0.2) is 50.9 Å². The minimum atomic E-state index is -0.398. The Hall–Kier alpha value is -11.7. The molecule has 20 rings (SSSR count). The number of pyridine rings is 3. The van der Waals surface area contributed by atoms with Crippen molar-refractivity contribution in [2.45, 2.75) is 135 Å². The van der Waals surface area contributed by atoms with Crippen molar-refractivity contribution in [2.24, 2.45) is 17.8 Å². The third-order valence-corrected chi connectivity index (χ3v) is 20.6. The summed E-state index contributed by atoms with van der Waals surface area (Å²) in [6.07, 6.45) is 33.5. The number of likely N-dealkylation sites (tertiary alicyclic amines) is 1. The van der Waals surface area contributed by atoms with E-state index in [0.29, 0.717) is 45.6 Å². The summed E-state index contributed by atoms with van der Waals surface area (Å²) in [6, 6.07) is 33.2. The van der Waals surface area contributed by atoms with Crippen LogP contribution in [0, 0.1) is 23.6 Å². The number of nitrogens with one attached hydrogen (secondary N) is 8. The predicted octanol–water partition coefficient (Wildman–Crippen LogP) is 17.9. The van der Waals surface area contributed by atoms with E-state index in [4.69, 9.17) is 18.1 Å². The van der Waals surface area contributed by atoms with Crippen molar-refractivity contribution in [2.75, 3.05) is 34.4 Å². The smallest absolute Gasteiger partial charge is 0.201 e. The maximum absolute atomic E-state index is 13.5. The van der Waals surface area contributed by atoms with Gasteiger partial charge in [-0.2, -0.15) is 20.4 Å². The van der Waals surface area contributed by atoms with Crippen molar-refractivity contribution >= 4 is 134 Å². The molecule has 1 saturated heterocycles. The number of aromatic nitrogens is 17. The third-order valence-electron chi connectivity index (χ3n) is 20.6. The fraction of sp³-hybridized carbons (Fsp3) is 0.338. The summed E-state index contributed by atoms with van der Waals surface area (Å²) in [6.45, 7) is 3.15. The number of H-pyrrole nitrogens is 4. The number of hydrogen-bond acceptors (Lipinski definition) is 22. The average molecular weight is 1400 g/mol. The summed E-state index contributed by atoms with van der Waals surface area (Å²) in [5.41, 5.74) is 16.1. The Kier molecular flexibility index (Phi) is 19.0. The van der Waals surface area contributed by atoms with Gasteiger partial charge in [-0.1, -0.05) is 117 Å². The van der Waals surface area contributed by atoms with Crippen LogP contribution in [0.25, 0.3) is 88.1 Å². The zero-order valence-electron chi connectivity index (χ0n) is 57.5. The first-order valence-electron chi connectivity index (χ1n) is 36.4. The zero-order chi connectivity index (χ0) is 69.6. The molecule has 0 atom stereocenters. The Balaban J connectivity index is 0.000000103. The second kappa shape index (κ2) is 30.1. The predicted molar refractivity (Wildman–Crippen MR) is 398 cm³/mol. The highest BCUT2D eigenvalue weighted by molar-refractivity contribution is 5.94. The molecule has 3 aliphatic carbocycles. The number of halogens is 1. The maximum atomic E-state index is 13.5. The van der Waals surface area contributed by atoms with E-state index in [0.717, 1.165) is 174 Å². The topological polar surface area (TPSA) is 335 Å². The lowest BCUT2D eigenvalue weighted by Gasteiger charge is -2.20. The van der Waals surface area contributed by atoms with Crippen LogP contribution in [0.15, 0.2) is 152 Å². The Labute approximate surface area is 594 Å². The molecule has 26 nitrogen and oxygen atoms in total. The molecule has 27 heteroatoms. The largest absolute Gasteiger partial charge is 0.356 e. The van der Waals surface area contributed by atoms with E-state index in [-0.39, 0.29) is 0 Å². The molecule has 3 saturated carbocycles. The van der Waals surface area contributed by atoms with Crippen molar-refractivity contribution in [3.8, 4) is 0 Å². The number of rotatable bonds is 16. The number of nitrogens with zero attached hydrogens (tertiary/aromatic N) is 14. The zero-order valence-corrected chi connectivity index (χ0v) is 57.5. The van der Waals surface area contributed by atoms with Gasteiger partial charge in [0.25, 0.3) is 0 Å². The van der Waals surface area contributed by atoms with Gasteiger partial charge in [-0.05, 0) is 142 Å². The second-order valence-electron chi connectivity index (χ2n) is 27.9. The van der Waals surface area contributed by atoms with Gasteiger partial charge in [0.1, 0.15) is 28.4 Å². The van der Waals surface area contributed by atoms with Crippen molar-refractivity contribution in [1.29, 1.82) is 0 Å². The Morgan fingerprint density at radius 3 is 1.31 bits per heavy atom. The van der Waals surface area contributed by atoms with E-state index in [1.807, 2.05) is 78.9 Å². The molecular formula is C77H79FN22O4. The molecule has 0 spiro atoms. The van der Waals surface area contributed by atoms with Crippen LogP contribution in [0.3, 0.4) is 0 Å². The van der Waals surface area contributed by atoms with E-state index in [9.17, 15) is 4.39 Å². The molecule has 4 aliphatic rings. The summed E-state index contributed by atoms with van der Waals surface area (Å²) in [4.78, 5) is 23.6. The summed E-state index contributed by atoms with van der Waals surface area (Å²) in [5, 5.41) is 63.9. The lowest BCUT2D eigenvalue weighted by atomic mass is 9.86. The molecule has 13 heterocycles. The van der Waals surface area contributed by atoms with Gasteiger partial charge < -0.3 is 39.4 Å². The molecule has 528 valence electrons. The number of hydrogen-bond donors (Lipinski definition) is 8. The van der Waals surface area contributed by atoms with Crippen LogP contribution in [0.2, 0.25) is 0 Å². The first-order chi connectivity index (χ1) is 51.4. The minimum Gasteiger partial charge on any atom is -0.356 e. The molecule has 0 amide bonds. The monoisotopic (exact) mass is 1390 g/mol. The number of aromatic amines is 4. The molecular weight excluding hydrogens is 1320 g/mol. The molecule has 8 N–H and O–H groups in total. The van der Waals surface area contributed by atoms with Crippen molar-refractivity contribution in [3.63, 3.8) is 0 Å². The molecule has 4 fully saturated rings. The van der Waals surface area contributed by atoms with Crippen molar-refractivity contribution in [3.05, 3.63) is 163 Å². The van der Waals surface area contributed by atoms with Crippen LogP contribution in [-0.2, 0) is 25.8 Å². The third kappa shape index (κ3) is 14.7. The summed E-state index contributed by atoms with van der Waals surface area (Å²) in [7, 11) is 0. The SMILES string of the molecule is Fc1cnc2n[nH]c(Nc3ccc4c(CC5CCCCC5)noc4c3)c2c1.c1cnc2c(Nc3ccc4c(CC5CCCCC5)noc4c3)[nH]nc2n1.c1cnc2c(Nc3ccc4c(CC5CCCCC5)noc4c3)n[nH]c2c1.c1cnc2c(Nc3ccc4c(CN5CCCC5)noc4c3)n[nH]c2c1. The molecule has 1 aliphatic heterocycles. The Morgan fingerprint density at radius 1 is 0.385 bits per heavy atom. The lowest BCUT2D eigenvalue weighted by molar-refractivity contribution is 0.317. The van der Waals surface area contributed by atoms with Gasteiger partial charge in [-0.3, -0.25) is 35.3 Å². The van der Waals surface area contributed by atoms with Crippen LogP contribution < -0.4 is 21.3 Å². The van der Waals surface area contributed by atoms with Crippen LogP contribution in [0.4, 0.5) is 50.4 Å². The Bertz CT molecular complexity index is 5420. The number of benzene rings is 4. The quantitative estimate of drug-likeness (QED) is 0.0445. The number of fused-ring (bicyclic) bond motifs is 8. The maximum Gasteiger partial charge on any atom is 0.201 e. The highest BCUT2D eigenvalue weighted by Crippen LogP contribution is 2.37. The molecule has 0 radical (unpaired) electrons. The van der Waals surface area contributed by atoms with E-state index in [2.05, 4.69) is 131 Å². The van der Waals surface area contributed by atoms with Crippen LogP contribution >= 0.6 is 0 Å². The van der Waals surface area contributed by atoms with E-state index >= 15 is 0 Å². The fourth-order valence-corrected chi connectivity index (χ4v) is 15.2. The van der Waals surface area contributed by atoms with Gasteiger partial charge in [-0.25, -0.2) is 19.3 Å². The fourth-order valence-electron chi connectivity index (χ4n) is 15.2. The summed E-state index contributed by atoms with van der Waals surface area (Å²) >= 11 is 0. The Morgan fingerprint density at radius 2 is 0.808 bits per heavy atom. The lowest BCUT2D eigenvalue weighted by Crippen LogP contribution is -2.18. The van der Waals surface area contributed by atoms with E-state index < -0.39 is 5.82 Å². The standard InChI is InChI=1S/C20H20FN5O.C20H21N5O.C19H20N6O.C18H18N6O/c21-13-9-16-19(22-11-13)24-25-20(16)23-14-6-7-15-17(26-27-18(15)10-14)8-12-4-2-1-3-5-12;1-2-5-13(6-3-1)11-17-15-9-8-14(12-18(15)26-25-17)22-20-19-16(23-24-20)7-4-10-21-19;1-2-4-12(5-3-1)10-15-14-7-6-13(11-16(14)26-25-15)22-19-17-18(23-24-19)21-9-8-20-17;1-2-9-24(8-1)11-15-13-6-5-12(10-16(13)25-23-15)20-18-17-14(21-22-18)4-3-7-19-17/h6-7,9-12H,1-5,8H2,(H2,22,23,24,25);4,7-10,12-13H,1-3,5-6,11H2,(H2,22,23,24);6-9,11-12H,1-5,10H2,(H2,21,22,23,24);3-7,10H,1-2,8-9,11H2,(H2,20,21,22). The van der Waals surface area contributed by atoms with Gasteiger partial charge in [0.2, 0.25) is 5.65 Å². The summed E-state index contributed by atoms with van der Waals surface area (Å²) in [5.74, 6) is 4.52. The van der Waals surface area contributed by atoms with Crippen molar-refractivity contribution in [1.82, 2.24) is 91.2 Å². The van der Waals surface area contributed by atoms with Crippen molar-refractivity contribution < 1.29 is 22.5 Å². The molecule has 0 unspecified atom stereocenters. The highest BCUT2D eigenvalue weighted by Gasteiger charge is 2.24. The average Bonchev–Trinajstić information content (AvgIpc) is 1.68. The van der Waals surface area contributed by atoms with Crippen LogP contribution in [-0.4, -0.2) is 104 Å². The van der Waals surface area contributed by atoms with Crippen LogP contribution in [0.5, 0.6) is 0 Å². The van der Waals surface area contributed by atoms with E-state index in [1.165, 1.54) is 115 Å². The van der Waals surface area contributed by atoms with Gasteiger partial charge >= 0.3 is 0 Å². The normalized spacial score (nSPS) is 15.6. The highest BCUT2D eigenvalue weighted by atomic mass is 19.1. The van der Waals surface area contributed by atoms with Gasteiger partial charge in [0.05, 0.1) is 39.7 Å². The van der Waals surface area contributed by atoms with E-state index in [1.54, 1.807) is 24.8 Å². The molecule has 4 aromatic carbocycles. The molecule has 0 bridgehead atoms. The first-order valence-corrected chi connectivity index (χ1v) is 36.4. The van der Waals surface area contributed by atoms with Gasteiger partial charge in [0, 0.05) is 99.9 Å². The molecule has 12 aromatic heterocycles.